The molecule has 5 nitrogen and oxygen atoms in total. The highest BCUT2D eigenvalue weighted by Gasteiger charge is 2.40. The maximum absolute atomic E-state index is 9.34. The molecule has 2 aromatic rings. The number of ether oxygens (including phenoxy) is 3. The van der Waals surface area contributed by atoms with Crippen molar-refractivity contribution in [2.24, 2.45) is 0 Å². The highest BCUT2D eigenvalue weighted by Crippen LogP contribution is 2.50. The lowest BCUT2D eigenvalue weighted by molar-refractivity contribution is -0.227. The largest absolute Gasteiger partial charge is 0.459 e. The molecule has 0 fully saturated rings. The van der Waals surface area contributed by atoms with Crippen molar-refractivity contribution in [3.05, 3.63) is 64.2 Å². The Bertz CT molecular complexity index is 926. The minimum Gasteiger partial charge on any atom is -0.459 e. The summed E-state index contributed by atoms with van der Waals surface area (Å²) >= 11 is 0. The molecule has 0 aromatic heterocycles. The van der Waals surface area contributed by atoms with Crippen LogP contribution in [0, 0.1) is 0 Å². The summed E-state index contributed by atoms with van der Waals surface area (Å²) in [7, 11) is 0. The van der Waals surface area contributed by atoms with Crippen molar-refractivity contribution in [3.63, 3.8) is 0 Å². The van der Waals surface area contributed by atoms with Crippen molar-refractivity contribution >= 4 is 6.08 Å². The molecule has 0 spiro atoms. The second-order valence-corrected chi connectivity index (χ2v) is 8.52. The number of benzene rings is 2. The maximum Gasteiger partial charge on any atom is 0.233 e. The van der Waals surface area contributed by atoms with E-state index in [0.29, 0.717) is 6.42 Å². The molecular weight excluding hydrogens is 368 g/mol. The highest BCUT2D eigenvalue weighted by atomic mass is 16.8. The predicted octanol–water partition coefficient (Wildman–Crippen LogP) is 4.41. The van der Waals surface area contributed by atoms with Gasteiger partial charge in [-0.2, -0.15) is 0 Å². The summed E-state index contributed by atoms with van der Waals surface area (Å²) < 4.78 is 18.7. The van der Waals surface area contributed by atoms with Gasteiger partial charge in [-0.05, 0) is 41.5 Å². The average molecular weight is 396 g/mol. The molecule has 2 unspecified atom stereocenters. The number of aliphatic hydroxyl groups excluding tert-OH is 2. The third-order valence-corrected chi connectivity index (χ3v) is 5.35. The molecule has 0 saturated carbocycles. The molecule has 4 rings (SSSR count). The van der Waals surface area contributed by atoms with E-state index in [9.17, 15) is 5.11 Å². The standard InChI is InChI=1S/C24H28O5/c1-24(2,3)17-13-16(9-6-12-26)21-19(14-17)23-27-20-15(8-5-11-25)7-4-10-18(20)22(28-21)29-23/h4-5,7-8,10,13-14,22-23,25-26H,6,9,11-12H2,1-3H3/b8-5-. The summed E-state index contributed by atoms with van der Waals surface area (Å²) in [6.07, 6.45) is 3.83. The summed E-state index contributed by atoms with van der Waals surface area (Å²) in [5.41, 5.74) is 4.81. The van der Waals surface area contributed by atoms with Crippen LogP contribution in [0.1, 0.15) is 67.6 Å². The zero-order valence-corrected chi connectivity index (χ0v) is 17.1. The van der Waals surface area contributed by atoms with E-state index >= 15 is 0 Å². The Morgan fingerprint density at radius 3 is 2.48 bits per heavy atom. The number of hydrogen-bond acceptors (Lipinski definition) is 5. The van der Waals surface area contributed by atoms with Crippen LogP contribution in [0.15, 0.2) is 36.4 Å². The molecule has 2 bridgehead atoms. The minimum atomic E-state index is -0.560. The van der Waals surface area contributed by atoms with Crippen LogP contribution >= 0.6 is 0 Å². The number of rotatable bonds is 5. The van der Waals surface area contributed by atoms with Gasteiger partial charge < -0.3 is 19.7 Å². The Labute approximate surface area is 171 Å². The zero-order chi connectivity index (χ0) is 20.6. The van der Waals surface area contributed by atoms with E-state index in [-0.39, 0.29) is 18.6 Å². The van der Waals surface area contributed by atoms with Gasteiger partial charge in [0.2, 0.25) is 12.6 Å². The summed E-state index contributed by atoms with van der Waals surface area (Å²) in [6, 6.07) is 10.1. The van der Waals surface area contributed by atoms with Crippen LogP contribution in [-0.2, 0) is 16.6 Å². The number of hydrogen-bond donors (Lipinski definition) is 2. The Balaban J connectivity index is 1.80. The molecule has 0 aliphatic carbocycles. The Kier molecular flexibility index (Phi) is 5.38. The van der Waals surface area contributed by atoms with Crippen LogP contribution in [0.25, 0.3) is 6.08 Å². The molecule has 2 aromatic carbocycles. The van der Waals surface area contributed by atoms with Crippen LogP contribution in [0.5, 0.6) is 11.5 Å². The molecule has 0 amide bonds. The van der Waals surface area contributed by atoms with Crippen molar-refractivity contribution in [2.75, 3.05) is 13.2 Å². The topological polar surface area (TPSA) is 68.2 Å². The van der Waals surface area contributed by atoms with Crippen LogP contribution in [0.3, 0.4) is 0 Å². The van der Waals surface area contributed by atoms with Gasteiger partial charge in [0.05, 0.1) is 17.7 Å². The lowest BCUT2D eigenvalue weighted by Crippen LogP contribution is -2.31. The number of fused-ring (bicyclic) bond motifs is 6. The molecule has 2 atom stereocenters. The van der Waals surface area contributed by atoms with Gasteiger partial charge in [0.25, 0.3) is 0 Å². The fourth-order valence-electron chi connectivity index (χ4n) is 3.78. The smallest absolute Gasteiger partial charge is 0.233 e. The van der Waals surface area contributed by atoms with E-state index in [0.717, 1.165) is 40.2 Å². The SMILES string of the molecule is CC(C)(C)c1cc(CCCO)c2c(c1)C1Oc3c(/C=C\CO)cccc3C(O2)O1. The maximum atomic E-state index is 9.34. The van der Waals surface area contributed by atoms with Crippen LogP contribution in [0.4, 0.5) is 0 Å². The van der Waals surface area contributed by atoms with Gasteiger partial charge in [0.15, 0.2) is 0 Å². The third kappa shape index (κ3) is 3.78. The average Bonchev–Trinajstić information content (AvgIpc) is 2.70. The molecular formula is C24H28O5. The zero-order valence-electron chi connectivity index (χ0n) is 17.1. The van der Waals surface area contributed by atoms with E-state index in [2.05, 4.69) is 32.9 Å². The first-order chi connectivity index (χ1) is 13.9. The quantitative estimate of drug-likeness (QED) is 0.783. The van der Waals surface area contributed by atoms with E-state index in [1.54, 1.807) is 6.08 Å². The number of aryl methyl sites for hydroxylation is 1. The summed E-state index contributed by atoms with van der Waals surface area (Å²) in [5.74, 6) is 1.52. The van der Waals surface area contributed by atoms with Crippen molar-refractivity contribution < 1.29 is 24.4 Å². The predicted molar refractivity (Wildman–Crippen MR) is 111 cm³/mol. The lowest BCUT2D eigenvalue weighted by atomic mass is 9.83. The molecule has 2 heterocycles. The van der Waals surface area contributed by atoms with Gasteiger partial charge in [0.1, 0.15) is 11.5 Å². The van der Waals surface area contributed by atoms with Gasteiger partial charge in [-0.3, -0.25) is 4.74 Å². The Morgan fingerprint density at radius 2 is 1.76 bits per heavy atom. The van der Waals surface area contributed by atoms with Crippen LogP contribution in [0.2, 0.25) is 0 Å². The fraction of sp³-hybridized carbons (Fsp3) is 0.417. The molecule has 5 heteroatoms. The summed E-state index contributed by atoms with van der Waals surface area (Å²) in [6.45, 7) is 6.62. The summed E-state index contributed by atoms with van der Waals surface area (Å²) in [5, 5.41) is 18.5. The molecule has 0 saturated heterocycles. The minimum absolute atomic E-state index is 0.0322. The van der Waals surface area contributed by atoms with Crippen molar-refractivity contribution in [1.82, 2.24) is 0 Å². The van der Waals surface area contributed by atoms with E-state index < -0.39 is 12.6 Å². The lowest BCUT2D eigenvalue weighted by Gasteiger charge is -2.40. The van der Waals surface area contributed by atoms with Crippen molar-refractivity contribution in [1.29, 1.82) is 0 Å². The first kappa shape index (κ1) is 20.0. The van der Waals surface area contributed by atoms with Crippen molar-refractivity contribution in [2.45, 2.75) is 51.6 Å². The van der Waals surface area contributed by atoms with E-state index in [1.807, 2.05) is 24.3 Å². The highest BCUT2D eigenvalue weighted by molar-refractivity contribution is 5.62. The molecule has 2 N–H and O–H groups in total. The second kappa shape index (κ2) is 7.82. The molecule has 154 valence electrons. The van der Waals surface area contributed by atoms with Gasteiger partial charge in [-0.1, -0.05) is 51.1 Å². The second-order valence-electron chi connectivity index (χ2n) is 8.52. The number of para-hydroxylation sites is 1. The monoisotopic (exact) mass is 396 g/mol. The first-order valence-electron chi connectivity index (χ1n) is 10.1. The van der Waals surface area contributed by atoms with Gasteiger partial charge in [-0.15, -0.1) is 0 Å². The Hall–Kier alpha value is -2.34. The number of aliphatic hydroxyl groups is 2. The van der Waals surface area contributed by atoms with Gasteiger partial charge in [-0.25, -0.2) is 0 Å². The van der Waals surface area contributed by atoms with Crippen molar-refractivity contribution in [3.8, 4) is 11.5 Å². The third-order valence-electron chi connectivity index (χ3n) is 5.35. The molecule has 29 heavy (non-hydrogen) atoms. The van der Waals surface area contributed by atoms with E-state index in [4.69, 9.17) is 19.3 Å². The molecule has 2 aliphatic heterocycles. The van der Waals surface area contributed by atoms with Gasteiger partial charge in [0, 0.05) is 12.2 Å². The van der Waals surface area contributed by atoms with Crippen LogP contribution in [-0.4, -0.2) is 23.4 Å². The van der Waals surface area contributed by atoms with Gasteiger partial charge >= 0.3 is 0 Å². The van der Waals surface area contributed by atoms with E-state index in [1.165, 1.54) is 5.56 Å². The molecule has 0 radical (unpaired) electrons. The fourth-order valence-corrected chi connectivity index (χ4v) is 3.78. The summed E-state index contributed by atoms with van der Waals surface area (Å²) in [4.78, 5) is 0. The molecule has 2 aliphatic rings. The Morgan fingerprint density at radius 1 is 1.00 bits per heavy atom. The first-order valence-corrected chi connectivity index (χ1v) is 10.1. The van der Waals surface area contributed by atoms with Crippen LogP contribution < -0.4 is 9.47 Å². The normalized spacial score (nSPS) is 20.0.